The molecule has 0 radical (unpaired) electrons. The Morgan fingerprint density at radius 2 is 2.19 bits per heavy atom. The summed E-state index contributed by atoms with van der Waals surface area (Å²) in [6, 6.07) is 0. The largest absolute Gasteiger partial charge is 0.309 e. The Labute approximate surface area is 98.3 Å². The molecular weight excluding hydrogens is 224 g/mol. The molecule has 0 aliphatic carbocycles. The summed E-state index contributed by atoms with van der Waals surface area (Å²) in [6.45, 7) is 8.41. The van der Waals surface area contributed by atoms with Crippen LogP contribution in [-0.2, 0) is 9.84 Å². The second kappa shape index (κ2) is 4.27. The molecular formula is C11H22N2O2S. The molecule has 1 atom stereocenters. The van der Waals surface area contributed by atoms with E-state index in [0.717, 1.165) is 32.6 Å². The molecule has 0 saturated carbocycles. The molecule has 5 heteroatoms. The van der Waals surface area contributed by atoms with E-state index in [4.69, 9.17) is 0 Å². The molecule has 2 aliphatic heterocycles. The summed E-state index contributed by atoms with van der Waals surface area (Å²) in [7, 11) is -2.72. The van der Waals surface area contributed by atoms with E-state index in [1.165, 1.54) is 0 Å². The maximum Gasteiger partial charge on any atom is 0.150 e. The summed E-state index contributed by atoms with van der Waals surface area (Å²) in [4.78, 5) is 2.40. The van der Waals surface area contributed by atoms with Gasteiger partial charge < -0.3 is 5.32 Å². The van der Waals surface area contributed by atoms with Crippen LogP contribution in [0.25, 0.3) is 0 Å². The average molecular weight is 246 g/mol. The zero-order valence-electron chi connectivity index (χ0n) is 10.2. The molecule has 2 rings (SSSR count). The van der Waals surface area contributed by atoms with Gasteiger partial charge in [-0.2, -0.15) is 0 Å². The van der Waals surface area contributed by atoms with Crippen LogP contribution in [0.5, 0.6) is 0 Å². The molecule has 0 spiro atoms. The predicted molar refractivity (Wildman–Crippen MR) is 65.3 cm³/mol. The molecule has 2 saturated heterocycles. The topological polar surface area (TPSA) is 49.4 Å². The smallest absolute Gasteiger partial charge is 0.150 e. The number of hydrogen-bond acceptors (Lipinski definition) is 4. The van der Waals surface area contributed by atoms with Crippen LogP contribution in [0.1, 0.15) is 20.3 Å². The lowest BCUT2D eigenvalue weighted by molar-refractivity contribution is 0.139. The standard InChI is InChI=1S/C11H22N2O2S/c1-11(2)9-13(5-4-12-11)7-10-3-6-16(14,15)8-10/h10,12H,3-9H2,1-2H3. The van der Waals surface area contributed by atoms with E-state index >= 15 is 0 Å². The van der Waals surface area contributed by atoms with Crippen molar-refractivity contribution < 1.29 is 8.42 Å². The Hall–Kier alpha value is -0.130. The van der Waals surface area contributed by atoms with E-state index in [0.29, 0.717) is 17.4 Å². The summed E-state index contributed by atoms with van der Waals surface area (Å²) < 4.78 is 22.8. The van der Waals surface area contributed by atoms with Crippen LogP contribution in [0.2, 0.25) is 0 Å². The quantitative estimate of drug-likeness (QED) is 0.751. The van der Waals surface area contributed by atoms with E-state index in [1.807, 2.05) is 0 Å². The van der Waals surface area contributed by atoms with Crippen LogP contribution in [-0.4, -0.2) is 56.5 Å². The van der Waals surface area contributed by atoms with E-state index in [-0.39, 0.29) is 5.54 Å². The monoisotopic (exact) mass is 246 g/mol. The predicted octanol–water partition coefficient (Wildman–Crippen LogP) is 0.105. The maximum atomic E-state index is 11.4. The minimum Gasteiger partial charge on any atom is -0.309 e. The summed E-state index contributed by atoms with van der Waals surface area (Å²) in [5.74, 6) is 1.16. The Morgan fingerprint density at radius 1 is 1.44 bits per heavy atom. The van der Waals surface area contributed by atoms with Crippen LogP contribution < -0.4 is 5.32 Å². The minimum atomic E-state index is -2.72. The summed E-state index contributed by atoms with van der Waals surface area (Å²) in [5.41, 5.74) is 0.162. The molecule has 2 fully saturated rings. The molecule has 2 aliphatic rings. The van der Waals surface area contributed by atoms with E-state index < -0.39 is 9.84 Å². The van der Waals surface area contributed by atoms with Gasteiger partial charge in [0, 0.05) is 31.7 Å². The second-order valence-electron chi connectivity index (χ2n) is 5.81. The third kappa shape index (κ3) is 3.18. The third-order valence-electron chi connectivity index (χ3n) is 3.49. The van der Waals surface area contributed by atoms with Gasteiger partial charge in [0.25, 0.3) is 0 Å². The molecule has 1 N–H and O–H groups in total. The van der Waals surface area contributed by atoms with Crippen LogP contribution in [0, 0.1) is 5.92 Å². The molecule has 16 heavy (non-hydrogen) atoms. The van der Waals surface area contributed by atoms with Crippen LogP contribution in [0.15, 0.2) is 0 Å². The number of piperazine rings is 1. The number of nitrogens with zero attached hydrogens (tertiary/aromatic N) is 1. The van der Waals surface area contributed by atoms with Gasteiger partial charge in [0.1, 0.15) is 0 Å². The fraction of sp³-hybridized carbons (Fsp3) is 1.00. The number of nitrogens with one attached hydrogen (secondary N) is 1. The van der Waals surface area contributed by atoms with Crippen LogP contribution in [0.4, 0.5) is 0 Å². The summed E-state index contributed by atoms with van der Waals surface area (Å²) >= 11 is 0. The molecule has 94 valence electrons. The first-order chi connectivity index (χ1) is 7.36. The lowest BCUT2D eigenvalue weighted by atomic mass is 10.0. The zero-order chi connectivity index (χ0) is 11.8. The Kier molecular flexibility index (Phi) is 3.29. The summed E-state index contributed by atoms with van der Waals surface area (Å²) in [5, 5.41) is 3.47. The van der Waals surface area contributed by atoms with Gasteiger partial charge in [0.05, 0.1) is 11.5 Å². The lowest BCUT2D eigenvalue weighted by Crippen LogP contribution is -2.57. The SMILES string of the molecule is CC1(C)CN(CC2CCS(=O)(=O)C2)CCN1. The highest BCUT2D eigenvalue weighted by molar-refractivity contribution is 7.91. The van der Waals surface area contributed by atoms with Gasteiger partial charge in [-0.15, -0.1) is 0 Å². The van der Waals surface area contributed by atoms with E-state index in [2.05, 4.69) is 24.1 Å². The van der Waals surface area contributed by atoms with Gasteiger partial charge >= 0.3 is 0 Å². The van der Waals surface area contributed by atoms with Crippen molar-refractivity contribution in [2.45, 2.75) is 25.8 Å². The van der Waals surface area contributed by atoms with Gasteiger partial charge in [-0.25, -0.2) is 8.42 Å². The van der Waals surface area contributed by atoms with Crippen molar-refractivity contribution in [3.05, 3.63) is 0 Å². The van der Waals surface area contributed by atoms with E-state index in [1.54, 1.807) is 0 Å². The highest BCUT2D eigenvalue weighted by atomic mass is 32.2. The third-order valence-corrected chi connectivity index (χ3v) is 5.33. The Balaban J connectivity index is 1.86. The molecule has 2 heterocycles. The summed E-state index contributed by atoms with van der Waals surface area (Å²) in [6.07, 6.45) is 0.854. The van der Waals surface area contributed by atoms with Crippen molar-refractivity contribution in [2.75, 3.05) is 37.7 Å². The molecule has 0 bridgehead atoms. The first-order valence-electron chi connectivity index (χ1n) is 6.04. The van der Waals surface area contributed by atoms with Crippen molar-refractivity contribution >= 4 is 9.84 Å². The maximum absolute atomic E-state index is 11.4. The lowest BCUT2D eigenvalue weighted by Gasteiger charge is -2.40. The highest BCUT2D eigenvalue weighted by Crippen LogP contribution is 2.21. The van der Waals surface area contributed by atoms with Crippen molar-refractivity contribution in [1.82, 2.24) is 10.2 Å². The molecule has 0 aromatic carbocycles. The van der Waals surface area contributed by atoms with Gasteiger partial charge in [0.2, 0.25) is 0 Å². The Morgan fingerprint density at radius 3 is 2.75 bits per heavy atom. The van der Waals surface area contributed by atoms with Crippen molar-refractivity contribution in [3.63, 3.8) is 0 Å². The highest BCUT2D eigenvalue weighted by Gasteiger charge is 2.32. The van der Waals surface area contributed by atoms with Gasteiger partial charge in [0.15, 0.2) is 9.84 Å². The van der Waals surface area contributed by atoms with Crippen molar-refractivity contribution in [2.24, 2.45) is 5.92 Å². The van der Waals surface area contributed by atoms with Crippen LogP contribution >= 0.6 is 0 Å². The molecule has 4 nitrogen and oxygen atoms in total. The van der Waals surface area contributed by atoms with E-state index in [9.17, 15) is 8.42 Å². The first-order valence-corrected chi connectivity index (χ1v) is 7.86. The molecule has 0 amide bonds. The minimum absolute atomic E-state index is 0.162. The normalized spacial score (nSPS) is 34.0. The van der Waals surface area contributed by atoms with Crippen LogP contribution in [0.3, 0.4) is 0 Å². The number of rotatable bonds is 2. The molecule has 0 aromatic heterocycles. The first kappa shape index (κ1) is 12.3. The Bertz CT molecular complexity index is 351. The van der Waals surface area contributed by atoms with Gasteiger partial charge in [-0.1, -0.05) is 0 Å². The number of sulfone groups is 1. The number of hydrogen-bond donors (Lipinski definition) is 1. The second-order valence-corrected chi connectivity index (χ2v) is 8.04. The molecule has 0 aromatic rings. The van der Waals surface area contributed by atoms with Gasteiger partial charge in [-0.05, 0) is 26.2 Å². The fourth-order valence-corrected chi connectivity index (χ4v) is 4.63. The molecule has 1 unspecified atom stereocenters. The van der Waals surface area contributed by atoms with Crippen molar-refractivity contribution in [1.29, 1.82) is 0 Å². The zero-order valence-corrected chi connectivity index (χ0v) is 11.0. The van der Waals surface area contributed by atoms with Gasteiger partial charge in [-0.3, -0.25) is 4.90 Å². The fourth-order valence-electron chi connectivity index (χ4n) is 2.78. The van der Waals surface area contributed by atoms with Crippen molar-refractivity contribution in [3.8, 4) is 0 Å². The average Bonchev–Trinajstić information content (AvgIpc) is 2.43.